The molecule has 0 fully saturated rings. The minimum atomic E-state index is -0.189. The van der Waals surface area contributed by atoms with Gasteiger partial charge in [0.1, 0.15) is 5.75 Å². The number of carbonyl (C=O) groups is 1. The Morgan fingerprint density at radius 2 is 2.22 bits per heavy atom. The van der Waals surface area contributed by atoms with Gasteiger partial charge in [0, 0.05) is 11.6 Å². The van der Waals surface area contributed by atoms with Gasteiger partial charge in [-0.05, 0) is 36.8 Å². The second kappa shape index (κ2) is 8.96. The van der Waals surface area contributed by atoms with Gasteiger partial charge in [-0.1, -0.05) is 30.3 Å². The van der Waals surface area contributed by atoms with Crippen LogP contribution < -0.4 is 10.1 Å². The molecule has 1 amide bonds. The first-order chi connectivity index (χ1) is 13.1. The van der Waals surface area contributed by atoms with Crippen molar-refractivity contribution in [3.63, 3.8) is 0 Å². The van der Waals surface area contributed by atoms with Crippen LogP contribution in [0.4, 0.5) is 5.69 Å². The zero-order chi connectivity index (χ0) is 19.2. The molecule has 0 aliphatic heterocycles. The van der Waals surface area contributed by atoms with E-state index < -0.39 is 0 Å². The van der Waals surface area contributed by atoms with Crippen molar-refractivity contribution in [3.05, 3.63) is 41.6 Å². The second-order valence-electron chi connectivity index (χ2n) is 5.62. The molecule has 1 N–H and O–H groups in total. The Morgan fingerprint density at radius 3 is 2.93 bits per heavy atom. The van der Waals surface area contributed by atoms with E-state index in [0.29, 0.717) is 33.2 Å². The number of nitrogens with zero attached hydrogens (tertiary/aromatic N) is 3. The number of anilines is 1. The lowest BCUT2D eigenvalue weighted by Gasteiger charge is -2.11. The molecule has 0 bridgehead atoms. The van der Waals surface area contributed by atoms with E-state index in [1.807, 2.05) is 10.6 Å². The Kier molecular flexibility index (Phi) is 6.41. The molecule has 27 heavy (non-hydrogen) atoms. The summed E-state index contributed by atoms with van der Waals surface area (Å²) in [5.41, 5.74) is 0.530. The SMILES string of the molecule is CCCn1c(SCC(=O)Nc2cc(Cl)ccc2OC)nnc1-c1ccco1. The van der Waals surface area contributed by atoms with Gasteiger partial charge >= 0.3 is 0 Å². The molecular weight excluding hydrogens is 388 g/mol. The summed E-state index contributed by atoms with van der Waals surface area (Å²) in [5.74, 6) is 1.84. The largest absolute Gasteiger partial charge is 0.495 e. The van der Waals surface area contributed by atoms with Gasteiger partial charge in [-0.15, -0.1) is 10.2 Å². The number of halogens is 1. The van der Waals surface area contributed by atoms with Crippen LogP contribution in [-0.4, -0.2) is 33.5 Å². The Hall–Kier alpha value is -2.45. The smallest absolute Gasteiger partial charge is 0.234 e. The van der Waals surface area contributed by atoms with Crippen LogP contribution in [0.3, 0.4) is 0 Å². The molecule has 0 aliphatic carbocycles. The highest BCUT2D eigenvalue weighted by molar-refractivity contribution is 7.99. The van der Waals surface area contributed by atoms with Gasteiger partial charge in [0.2, 0.25) is 5.91 Å². The average molecular weight is 407 g/mol. The molecule has 0 saturated carbocycles. The summed E-state index contributed by atoms with van der Waals surface area (Å²) in [6.07, 6.45) is 2.50. The van der Waals surface area contributed by atoms with Crippen molar-refractivity contribution >= 4 is 35.0 Å². The first-order valence-electron chi connectivity index (χ1n) is 8.35. The summed E-state index contributed by atoms with van der Waals surface area (Å²) in [6.45, 7) is 2.80. The molecule has 0 aliphatic rings. The molecule has 0 spiro atoms. The van der Waals surface area contributed by atoms with E-state index in [9.17, 15) is 4.79 Å². The number of amides is 1. The molecule has 0 saturated heterocycles. The quantitative estimate of drug-likeness (QED) is 0.560. The van der Waals surface area contributed by atoms with E-state index in [-0.39, 0.29) is 11.7 Å². The van der Waals surface area contributed by atoms with Crippen LogP contribution in [0, 0.1) is 0 Å². The van der Waals surface area contributed by atoms with Gasteiger partial charge in [-0.3, -0.25) is 9.36 Å². The van der Waals surface area contributed by atoms with Gasteiger partial charge < -0.3 is 14.5 Å². The number of carbonyl (C=O) groups excluding carboxylic acids is 1. The molecule has 3 rings (SSSR count). The maximum Gasteiger partial charge on any atom is 0.234 e. The third kappa shape index (κ3) is 4.64. The summed E-state index contributed by atoms with van der Waals surface area (Å²) in [6, 6.07) is 8.70. The number of aromatic nitrogens is 3. The highest BCUT2D eigenvalue weighted by Crippen LogP contribution is 2.29. The van der Waals surface area contributed by atoms with Gasteiger partial charge in [-0.2, -0.15) is 0 Å². The fraction of sp³-hybridized carbons (Fsp3) is 0.278. The van der Waals surface area contributed by atoms with Crippen molar-refractivity contribution in [3.8, 4) is 17.3 Å². The lowest BCUT2D eigenvalue weighted by molar-refractivity contribution is -0.113. The predicted octanol–water partition coefficient (Wildman–Crippen LogP) is 4.34. The van der Waals surface area contributed by atoms with Crippen molar-refractivity contribution in [1.29, 1.82) is 0 Å². The first-order valence-corrected chi connectivity index (χ1v) is 9.72. The standard InChI is InChI=1S/C18H19ClN4O3S/c1-3-8-23-17(15-5-4-9-26-15)21-22-18(23)27-11-16(24)20-13-10-12(19)6-7-14(13)25-2/h4-7,9-10H,3,8,11H2,1-2H3,(H,20,24). The number of furan rings is 1. The molecule has 0 atom stereocenters. The lowest BCUT2D eigenvalue weighted by Crippen LogP contribution is -2.15. The normalized spacial score (nSPS) is 10.8. The highest BCUT2D eigenvalue weighted by Gasteiger charge is 2.17. The summed E-state index contributed by atoms with van der Waals surface area (Å²) in [5, 5.41) is 12.4. The van der Waals surface area contributed by atoms with Crippen molar-refractivity contribution in [1.82, 2.24) is 14.8 Å². The van der Waals surface area contributed by atoms with E-state index in [1.54, 1.807) is 30.5 Å². The summed E-state index contributed by atoms with van der Waals surface area (Å²) < 4.78 is 12.6. The number of rotatable bonds is 8. The fourth-order valence-electron chi connectivity index (χ4n) is 2.50. The minimum absolute atomic E-state index is 0.176. The summed E-state index contributed by atoms with van der Waals surface area (Å²) >= 11 is 7.31. The van der Waals surface area contributed by atoms with E-state index in [4.69, 9.17) is 20.8 Å². The summed E-state index contributed by atoms with van der Waals surface area (Å²) in [4.78, 5) is 12.4. The van der Waals surface area contributed by atoms with E-state index in [1.165, 1.54) is 18.9 Å². The third-order valence-electron chi connectivity index (χ3n) is 3.67. The number of hydrogen-bond acceptors (Lipinski definition) is 6. The van der Waals surface area contributed by atoms with Gasteiger partial charge in [0.25, 0.3) is 0 Å². The monoisotopic (exact) mass is 406 g/mol. The highest BCUT2D eigenvalue weighted by atomic mass is 35.5. The van der Waals surface area contributed by atoms with Crippen LogP contribution in [0.15, 0.2) is 46.2 Å². The summed E-state index contributed by atoms with van der Waals surface area (Å²) in [7, 11) is 1.54. The molecule has 2 aromatic heterocycles. The topological polar surface area (TPSA) is 82.2 Å². The predicted molar refractivity (Wildman–Crippen MR) is 105 cm³/mol. The molecule has 0 unspecified atom stereocenters. The molecule has 142 valence electrons. The Morgan fingerprint density at radius 1 is 1.37 bits per heavy atom. The Balaban J connectivity index is 1.70. The van der Waals surface area contributed by atoms with E-state index in [2.05, 4.69) is 22.4 Å². The lowest BCUT2D eigenvalue weighted by atomic mass is 10.3. The maximum absolute atomic E-state index is 12.4. The first kappa shape index (κ1) is 19.3. The fourth-order valence-corrected chi connectivity index (χ4v) is 3.44. The molecule has 2 heterocycles. The van der Waals surface area contributed by atoms with Crippen LogP contribution in [0.25, 0.3) is 11.6 Å². The minimum Gasteiger partial charge on any atom is -0.495 e. The molecule has 7 nitrogen and oxygen atoms in total. The van der Waals surface area contributed by atoms with Crippen molar-refractivity contribution in [2.45, 2.75) is 25.0 Å². The van der Waals surface area contributed by atoms with Crippen molar-refractivity contribution < 1.29 is 13.9 Å². The maximum atomic E-state index is 12.4. The zero-order valence-corrected chi connectivity index (χ0v) is 16.5. The van der Waals surface area contributed by atoms with Gasteiger partial charge in [0.05, 0.1) is 24.8 Å². The molecule has 9 heteroatoms. The number of ether oxygens (including phenoxy) is 1. The second-order valence-corrected chi connectivity index (χ2v) is 7.00. The molecule has 1 aromatic carbocycles. The molecule has 3 aromatic rings. The molecule has 0 radical (unpaired) electrons. The van der Waals surface area contributed by atoms with Crippen LogP contribution in [0.5, 0.6) is 5.75 Å². The number of nitrogens with one attached hydrogen (secondary N) is 1. The average Bonchev–Trinajstić information content (AvgIpc) is 3.30. The van der Waals surface area contributed by atoms with Crippen LogP contribution in [0.2, 0.25) is 5.02 Å². The van der Waals surface area contributed by atoms with Crippen molar-refractivity contribution in [2.24, 2.45) is 0 Å². The van der Waals surface area contributed by atoms with Crippen LogP contribution >= 0.6 is 23.4 Å². The number of methoxy groups -OCH3 is 1. The molecular formula is C18H19ClN4O3S. The van der Waals surface area contributed by atoms with E-state index in [0.717, 1.165) is 13.0 Å². The number of benzene rings is 1. The third-order valence-corrected chi connectivity index (χ3v) is 4.88. The number of hydrogen-bond donors (Lipinski definition) is 1. The number of thioether (sulfide) groups is 1. The van der Waals surface area contributed by atoms with Crippen LogP contribution in [-0.2, 0) is 11.3 Å². The van der Waals surface area contributed by atoms with E-state index >= 15 is 0 Å². The van der Waals surface area contributed by atoms with Gasteiger partial charge in [-0.25, -0.2) is 0 Å². The Labute approximate surface area is 166 Å². The Bertz CT molecular complexity index is 911. The zero-order valence-electron chi connectivity index (χ0n) is 14.9. The van der Waals surface area contributed by atoms with Crippen LogP contribution in [0.1, 0.15) is 13.3 Å². The van der Waals surface area contributed by atoms with Gasteiger partial charge in [0.15, 0.2) is 16.7 Å². The van der Waals surface area contributed by atoms with Crippen molar-refractivity contribution in [2.75, 3.05) is 18.2 Å².